The molecule has 2 aliphatic heterocycles. The Balaban J connectivity index is 1.91. The Morgan fingerprint density at radius 1 is 1.13 bits per heavy atom. The van der Waals surface area contributed by atoms with Gasteiger partial charge < -0.3 is 5.32 Å². The van der Waals surface area contributed by atoms with Crippen LogP contribution in [0, 0.1) is 6.92 Å². The van der Waals surface area contributed by atoms with Crippen LogP contribution in [-0.2, 0) is 10.3 Å². The maximum Gasteiger partial charge on any atom is 0.280 e. The van der Waals surface area contributed by atoms with E-state index in [0.717, 1.165) is 5.69 Å². The SMILES string of the molecule is Cc1ncc(Cl)cc1N1C(=O)c2n[nH]c(C(C)C)c2C12C(=O)Nc1cc(Cl)ccc12. The van der Waals surface area contributed by atoms with Gasteiger partial charge in [0, 0.05) is 33.7 Å². The third-order valence-corrected chi connectivity index (χ3v) is 6.13. The van der Waals surface area contributed by atoms with Crippen molar-refractivity contribution >= 4 is 46.4 Å². The number of aryl methyl sites for hydroxylation is 1. The zero-order valence-electron chi connectivity index (χ0n) is 16.4. The van der Waals surface area contributed by atoms with E-state index in [4.69, 9.17) is 23.2 Å². The van der Waals surface area contributed by atoms with E-state index in [2.05, 4.69) is 20.5 Å². The molecular weight excluding hydrogens is 425 g/mol. The van der Waals surface area contributed by atoms with Gasteiger partial charge in [-0.1, -0.05) is 43.1 Å². The van der Waals surface area contributed by atoms with Gasteiger partial charge in [0.2, 0.25) is 0 Å². The minimum absolute atomic E-state index is 0.00797. The zero-order chi connectivity index (χ0) is 21.4. The maximum absolute atomic E-state index is 13.7. The van der Waals surface area contributed by atoms with E-state index in [0.29, 0.717) is 38.2 Å². The number of carbonyl (C=O) groups excluding carboxylic acids is 2. The summed E-state index contributed by atoms with van der Waals surface area (Å²) in [4.78, 5) is 33.1. The summed E-state index contributed by atoms with van der Waals surface area (Å²) in [5.74, 6) is -0.735. The molecule has 30 heavy (non-hydrogen) atoms. The summed E-state index contributed by atoms with van der Waals surface area (Å²) in [5, 5.41) is 11.0. The van der Waals surface area contributed by atoms with Crippen LogP contribution < -0.4 is 10.2 Å². The quantitative estimate of drug-likeness (QED) is 0.616. The van der Waals surface area contributed by atoms with Gasteiger partial charge in [-0.05, 0) is 31.0 Å². The second kappa shape index (κ2) is 6.30. The fourth-order valence-corrected chi connectivity index (χ4v) is 4.74. The van der Waals surface area contributed by atoms with E-state index >= 15 is 0 Å². The normalized spacial score (nSPS) is 19.6. The number of hydrogen-bond donors (Lipinski definition) is 2. The molecule has 0 saturated heterocycles. The molecule has 1 atom stereocenters. The molecule has 2 amide bonds. The molecule has 5 rings (SSSR count). The number of fused-ring (bicyclic) bond motifs is 4. The third kappa shape index (κ3) is 2.27. The first kappa shape index (κ1) is 19.1. The highest BCUT2D eigenvalue weighted by atomic mass is 35.5. The van der Waals surface area contributed by atoms with E-state index in [1.807, 2.05) is 13.8 Å². The van der Waals surface area contributed by atoms with Gasteiger partial charge in [-0.15, -0.1) is 0 Å². The van der Waals surface area contributed by atoms with Crippen molar-refractivity contribution in [1.29, 1.82) is 0 Å². The Kier molecular flexibility index (Phi) is 4.01. The number of aromatic nitrogens is 3. The lowest BCUT2D eigenvalue weighted by molar-refractivity contribution is -0.119. The molecular formula is C21H17Cl2N5O2. The fraction of sp³-hybridized carbons (Fsp3) is 0.238. The van der Waals surface area contributed by atoms with Crippen LogP contribution in [0.3, 0.4) is 0 Å². The van der Waals surface area contributed by atoms with E-state index in [1.165, 1.54) is 11.1 Å². The summed E-state index contributed by atoms with van der Waals surface area (Å²) >= 11 is 12.4. The molecule has 0 radical (unpaired) electrons. The molecule has 4 heterocycles. The highest BCUT2D eigenvalue weighted by Gasteiger charge is 2.63. The lowest BCUT2D eigenvalue weighted by Gasteiger charge is -2.35. The predicted molar refractivity (Wildman–Crippen MR) is 114 cm³/mol. The van der Waals surface area contributed by atoms with Crippen molar-refractivity contribution in [1.82, 2.24) is 15.2 Å². The number of aromatic amines is 1. The summed E-state index contributed by atoms with van der Waals surface area (Å²) < 4.78 is 0. The second-order valence-corrected chi connectivity index (χ2v) is 8.64. The second-order valence-electron chi connectivity index (χ2n) is 7.77. The van der Waals surface area contributed by atoms with Crippen LogP contribution in [0.1, 0.15) is 52.8 Å². The Hall–Kier alpha value is -2.90. The summed E-state index contributed by atoms with van der Waals surface area (Å²) in [5.41, 5.74) is 2.28. The number of benzene rings is 1. The number of carbonyl (C=O) groups is 2. The zero-order valence-corrected chi connectivity index (χ0v) is 17.9. The number of anilines is 2. The van der Waals surface area contributed by atoms with Crippen LogP contribution in [0.2, 0.25) is 10.0 Å². The highest BCUT2D eigenvalue weighted by Crippen LogP contribution is 2.54. The van der Waals surface area contributed by atoms with Crippen LogP contribution in [0.5, 0.6) is 0 Å². The van der Waals surface area contributed by atoms with Gasteiger partial charge in [-0.2, -0.15) is 5.10 Å². The van der Waals surface area contributed by atoms with Crippen molar-refractivity contribution in [3.63, 3.8) is 0 Å². The van der Waals surface area contributed by atoms with Gasteiger partial charge in [0.25, 0.3) is 11.8 Å². The van der Waals surface area contributed by atoms with Crippen LogP contribution in [0.4, 0.5) is 11.4 Å². The molecule has 1 aromatic carbocycles. The van der Waals surface area contributed by atoms with Crippen molar-refractivity contribution in [3.05, 3.63) is 68.7 Å². The minimum atomic E-state index is -1.43. The number of nitrogens with zero attached hydrogens (tertiary/aromatic N) is 3. The van der Waals surface area contributed by atoms with E-state index in [1.54, 1.807) is 31.2 Å². The fourth-order valence-electron chi connectivity index (χ4n) is 4.42. The average molecular weight is 442 g/mol. The topological polar surface area (TPSA) is 91.0 Å². The Morgan fingerprint density at radius 2 is 1.90 bits per heavy atom. The van der Waals surface area contributed by atoms with Crippen molar-refractivity contribution in [2.45, 2.75) is 32.2 Å². The molecule has 7 nitrogen and oxygen atoms in total. The summed E-state index contributed by atoms with van der Waals surface area (Å²) in [7, 11) is 0. The molecule has 1 unspecified atom stereocenters. The molecule has 2 aliphatic rings. The Labute approximate surface area is 182 Å². The van der Waals surface area contributed by atoms with Gasteiger partial charge in [0.15, 0.2) is 11.2 Å². The number of amides is 2. The third-order valence-electron chi connectivity index (χ3n) is 5.69. The monoisotopic (exact) mass is 441 g/mol. The Morgan fingerprint density at radius 3 is 2.63 bits per heavy atom. The van der Waals surface area contributed by atoms with Gasteiger partial charge in [0.05, 0.1) is 16.4 Å². The lowest BCUT2D eigenvalue weighted by atomic mass is 9.81. The molecule has 2 aromatic heterocycles. The minimum Gasteiger partial charge on any atom is -0.323 e. The summed E-state index contributed by atoms with van der Waals surface area (Å²) in [6.45, 7) is 5.74. The standard InChI is InChI=1S/C21H17Cl2N5O2/c1-9(2)17-16-18(27-26-17)19(29)28(15-7-12(23)8-24-10(15)3)21(16)13-5-4-11(22)6-14(13)25-20(21)30/h4-9H,1-3H3,(H,25,30)(H,26,27). The molecule has 9 heteroatoms. The van der Waals surface area contributed by atoms with E-state index in [9.17, 15) is 9.59 Å². The average Bonchev–Trinajstić information content (AvgIpc) is 3.31. The molecule has 2 N–H and O–H groups in total. The van der Waals surface area contributed by atoms with Gasteiger partial charge in [0.1, 0.15) is 0 Å². The molecule has 0 bridgehead atoms. The van der Waals surface area contributed by atoms with Gasteiger partial charge in [-0.25, -0.2) is 0 Å². The van der Waals surface area contributed by atoms with Gasteiger partial charge in [-0.3, -0.25) is 24.6 Å². The van der Waals surface area contributed by atoms with E-state index < -0.39 is 11.4 Å². The number of rotatable bonds is 2. The van der Waals surface area contributed by atoms with Gasteiger partial charge >= 0.3 is 0 Å². The first-order valence-electron chi connectivity index (χ1n) is 9.43. The largest absolute Gasteiger partial charge is 0.323 e. The number of nitrogens with one attached hydrogen (secondary N) is 2. The number of H-pyrrole nitrogens is 1. The predicted octanol–water partition coefficient (Wildman–Crippen LogP) is 4.40. The van der Waals surface area contributed by atoms with E-state index in [-0.39, 0.29) is 17.5 Å². The lowest BCUT2D eigenvalue weighted by Crippen LogP contribution is -2.51. The van der Waals surface area contributed by atoms with Crippen molar-refractivity contribution in [3.8, 4) is 0 Å². The van der Waals surface area contributed by atoms with Crippen LogP contribution in [0.15, 0.2) is 30.5 Å². The number of halogens is 2. The van der Waals surface area contributed by atoms with Crippen molar-refractivity contribution in [2.75, 3.05) is 10.2 Å². The van der Waals surface area contributed by atoms with Crippen LogP contribution in [0.25, 0.3) is 0 Å². The smallest absolute Gasteiger partial charge is 0.280 e. The molecule has 0 saturated carbocycles. The first-order chi connectivity index (χ1) is 14.3. The van der Waals surface area contributed by atoms with Crippen molar-refractivity contribution in [2.24, 2.45) is 0 Å². The molecule has 152 valence electrons. The molecule has 1 spiro atoms. The molecule has 0 fully saturated rings. The van der Waals surface area contributed by atoms with Crippen LogP contribution in [-0.4, -0.2) is 27.0 Å². The molecule has 3 aromatic rings. The summed E-state index contributed by atoms with van der Waals surface area (Å²) in [6.07, 6.45) is 1.51. The summed E-state index contributed by atoms with van der Waals surface area (Å²) in [6, 6.07) is 6.81. The Bertz CT molecular complexity index is 1250. The number of hydrogen-bond acceptors (Lipinski definition) is 4. The van der Waals surface area contributed by atoms with Crippen molar-refractivity contribution < 1.29 is 9.59 Å². The molecule has 0 aliphatic carbocycles. The first-order valence-corrected chi connectivity index (χ1v) is 10.2. The maximum atomic E-state index is 13.7. The highest BCUT2D eigenvalue weighted by molar-refractivity contribution is 6.32. The van der Waals surface area contributed by atoms with Crippen LogP contribution >= 0.6 is 23.2 Å². The number of pyridine rings is 1.